The van der Waals surface area contributed by atoms with Crippen LogP contribution in [0.1, 0.15) is 11.3 Å². The van der Waals surface area contributed by atoms with Crippen molar-refractivity contribution in [1.29, 1.82) is 0 Å². The van der Waals surface area contributed by atoms with Gasteiger partial charge in [0.05, 0.1) is 39.0 Å². The van der Waals surface area contributed by atoms with Gasteiger partial charge in [0, 0.05) is 6.20 Å². The van der Waals surface area contributed by atoms with Gasteiger partial charge in [-0.2, -0.15) is 0 Å². The fourth-order valence-electron chi connectivity index (χ4n) is 2.68. The van der Waals surface area contributed by atoms with E-state index in [1.807, 2.05) is 25.1 Å². The minimum Gasteiger partial charge on any atom is -0.493 e. The number of benzene rings is 1. The van der Waals surface area contributed by atoms with Crippen LogP contribution >= 0.6 is 0 Å². The molecule has 0 atom stereocenters. The number of hydrogen-bond donors (Lipinski definition) is 1. The summed E-state index contributed by atoms with van der Waals surface area (Å²) in [5, 5.41) is 4.10. The molecule has 0 radical (unpaired) electrons. The summed E-state index contributed by atoms with van der Waals surface area (Å²) in [6.07, 6.45) is 3.27. The molecular weight excluding hydrogens is 320 g/mol. The lowest BCUT2D eigenvalue weighted by Gasteiger charge is -2.16. The molecule has 0 saturated heterocycles. The maximum Gasteiger partial charge on any atom is 0.205 e. The normalized spacial score (nSPS) is 10.6. The zero-order valence-electron chi connectivity index (χ0n) is 14.7. The Labute approximate surface area is 146 Å². The third kappa shape index (κ3) is 3.13. The highest BCUT2D eigenvalue weighted by Crippen LogP contribution is 2.43. The Balaban J connectivity index is 2.06. The molecule has 0 aliphatic carbocycles. The van der Waals surface area contributed by atoms with Gasteiger partial charge >= 0.3 is 0 Å². The number of aryl methyl sites for hydroxylation is 1. The maximum absolute atomic E-state index is 5.49. The average Bonchev–Trinajstić information content (AvgIpc) is 2.65. The summed E-state index contributed by atoms with van der Waals surface area (Å²) in [7, 11) is 4.72. The Morgan fingerprint density at radius 1 is 1.00 bits per heavy atom. The Morgan fingerprint density at radius 2 is 1.80 bits per heavy atom. The predicted octanol–water partition coefficient (Wildman–Crippen LogP) is 2.97. The van der Waals surface area contributed by atoms with Crippen molar-refractivity contribution in [2.45, 2.75) is 13.5 Å². The molecule has 25 heavy (non-hydrogen) atoms. The van der Waals surface area contributed by atoms with Crippen molar-refractivity contribution in [3.8, 4) is 17.2 Å². The van der Waals surface area contributed by atoms with E-state index in [0.717, 1.165) is 16.6 Å². The number of nitrogens with one attached hydrogen (secondary N) is 1. The summed E-state index contributed by atoms with van der Waals surface area (Å²) in [6.45, 7) is 2.58. The van der Waals surface area contributed by atoms with Gasteiger partial charge in [0.25, 0.3) is 0 Å². The van der Waals surface area contributed by atoms with Crippen molar-refractivity contribution >= 4 is 16.7 Å². The van der Waals surface area contributed by atoms with Gasteiger partial charge in [-0.3, -0.25) is 4.98 Å². The number of methoxy groups -OCH3 is 3. The molecule has 0 aliphatic heterocycles. The molecule has 2 heterocycles. The molecule has 0 spiro atoms. The van der Waals surface area contributed by atoms with Crippen LogP contribution in [0.15, 0.2) is 30.7 Å². The summed E-state index contributed by atoms with van der Waals surface area (Å²) in [4.78, 5) is 13.1. The van der Waals surface area contributed by atoms with Crippen molar-refractivity contribution in [3.63, 3.8) is 0 Å². The fraction of sp³-hybridized carbons (Fsp3) is 0.278. The van der Waals surface area contributed by atoms with Crippen LogP contribution in [0.25, 0.3) is 10.9 Å². The van der Waals surface area contributed by atoms with Gasteiger partial charge in [0.1, 0.15) is 17.7 Å². The van der Waals surface area contributed by atoms with Crippen molar-refractivity contribution in [2.24, 2.45) is 0 Å². The molecule has 130 valence electrons. The Kier molecular flexibility index (Phi) is 4.83. The Bertz CT molecular complexity index is 899. The Morgan fingerprint density at radius 3 is 2.48 bits per heavy atom. The molecule has 1 N–H and O–H groups in total. The van der Waals surface area contributed by atoms with Crippen LogP contribution in [-0.4, -0.2) is 36.3 Å². The largest absolute Gasteiger partial charge is 0.493 e. The summed E-state index contributed by atoms with van der Waals surface area (Å²) >= 11 is 0. The predicted molar refractivity (Wildman–Crippen MR) is 95.5 cm³/mol. The number of pyridine rings is 1. The number of ether oxygens (including phenoxy) is 3. The topological polar surface area (TPSA) is 78.4 Å². The first-order valence-corrected chi connectivity index (χ1v) is 7.77. The van der Waals surface area contributed by atoms with Crippen LogP contribution < -0.4 is 19.5 Å². The third-order valence-electron chi connectivity index (χ3n) is 3.97. The number of hydrogen-bond acceptors (Lipinski definition) is 7. The van der Waals surface area contributed by atoms with Gasteiger partial charge in [-0.15, -0.1) is 0 Å². The lowest BCUT2D eigenvalue weighted by Crippen LogP contribution is -2.06. The number of fused-ring (bicyclic) bond motifs is 1. The highest BCUT2D eigenvalue weighted by atomic mass is 16.5. The van der Waals surface area contributed by atoms with Crippen molar-refractivity contribution < 1.29 is 14.2 Å². The van der Waals surface area contributed by atoms with Crippen molar-refractivity contribution in [1.82, 2.24) is 15.0 Å². The van der Waals surface area contributed by atoms with Gasteiger partial charge < -0.3 is 19.5 Å². The minimum atomic E-state index is 0.503. The van der Waals surface area contributed by atoms with E-state index in [4.69, 9.17) is 14.2 Å². The lowest BCUT2D eigenvalue weighted by molar-refractivity contribution is 0.327. The number of anilines is 1. The molecule has 0 unspecified atom stereocenters. The molecule has 1 aromatic carbocycles. The molecule has 0 bridgehead atoms. The smallest absolute Gasteiger partial charge is 0.205 e. The van der Waals surface area contributed by atoms with Gasteiger partial charge in [-0.05, 0) is 24.6 Å². The monoisotopic (exact) mass is 340 g/mol. The van der Waals surface area contributed by atoms with Gasteiger partial charge in [0.15, 0.2) is 11.5 Å². The van der Waals surface area contributed by atoms with E-state index in [2.05, 4.69) is 20.3 Å². The first-order valence-electron chi connectivity index (χ1n) is 7.77. The number of aromatic nitrogens is 3. The van der Waals surface area contributed by atoms with Crippen LogP contribution in [0.5, 0.6) is 17.2 Å². The fourth-order valence-corrected chi connectivity index (χ4v) is 2.68. The quantitative estimate of drug-likeness (QED) is 0.739. The zero-order valence-corrected chi connectivity index (χ0v) is 14.7. The third-order valence-corrected chi connectivity index (χ3v) is 3.97. The van der Waals surface area contributed by atoms with Crippen LogP contribution in [-0.2, 0) is 6.54 Å². The number of nitrogens with zero attached hydrogens (tertiary/aromatic N) is 3. The van der Waals surface area contributed by atoms with Gasteiger partial charge in [-0.25, -0.2) is 9.97 Å². The summed E-state index contributed by atoms with van der Waals surface area (Å²) in [5.41, 5.74) is 2.72. The molecule has 7 heteroatoms. The molecule has 7 nitrogen and oxygen atoms in total. The first kappa shape index (κ1) is 16.8. The Hall–Kier alpha value is -3.09. The van der Waals surface area contributed by atoms with Gasteiger partial charge in [-0.1, -0.05) is 6.07 Å². The molecule has 0 amide bonds. The zero-order chi connectivity index (χ0) is 17.8. The van der Waals surface area contributed by atoms with Crippen LogP contribution in [0.4, 0.5) is 5.82 Å². The summed E-state index contributed by atoms with van der Waals surface area (Å²) in [6, 6.07) is 5.78. The van der Waals surface area contributed by atoms with Crippen molar-refractivity contribution in [2.75, 3.05) is 26.6 Å². The van der Waals surface area contributed by atoms with Gasteiger partial charge in [0.2, 0.25) is 5.75 Å². The summed E-state index contributed by atoms with van der Waals surface area (Å²) in [5.74, 6) is 2.24. The molecule has 0 aliphatic rings. The van der Waals surface area contributed by atoms with E-state index in [0.29, 0.717) is 35.1 Å². The molecule has 3 aromatic rings. The van der Waals surface area contributed by atoms with E-state index >= 15 is 0 Å². The molecule has 0 fully saturated rings. The standard InChI is InChI=1S/C18H20N4O3/c1-11-6-5-7-19-13(11)9-20-18-12-8-14(23-2)16(24-3)17(25-4)15(12)21-10-22-18/h5-8,10H,9H2,1-4H3,(H,20,21,22). The van der Waals surface area contributed by atoms with Crippen LogP contribution in [0.3, 0.4) is 0 Å². The molecular formula is C18H20N4O3. The van der Waals surface area contributed by atoms with Crippen LogP contribution in [0, 0.1) is 6.92 Å². The van der Waals surface area contributed by atoms with E-state index < -0.39 is 0 Å². The van der Waals surface area contributed by atoms with Crippen LogP contribution in [0.2, 0.25) is 0 Å². The minimum absolute atomic E-state index is 0.503. The second-order valence-corrected chi connectivity index (χ2v) is 5.38. The highest BCUT2D eigenvalue weighted by Gasteiger charge is 2.19. The second-order valence-electron chi connectivity index (χ2n) is 5.38. The van der Waals surface area contributed by atoms with E-state index in [-0.39, 0.29) is 0 Å². The molecule has 3 rings (SSSR count). The van der Waals surface area contributed by atoms with Crippen molar-refractivity contribution in [3.05, 3.63) is 42.0 Å². The van der Waals surface area contributed by atoms with E-state index in [9.17, 15) is 0 Å². The SMILES string of the molecule is COc1cc2c(NCc3ncccc3C)ncnc2c(OC)c1OC. The first-order chi connectivity index (χ1) is 12.2. The van der Waals surface area contributed by atoms with E-state index in [1.165, 1.54) is 6.33 Å². The highest BCUT2D eigenvalue weighted by molar-refractivity contribution is 5.96. The number of rotatable bonds is 6. The molecule has 0 saturated carbocycles. The second kappa shape index (κ2) is 7.21. The van der Waals surface area contributed by atoms with E-state index in [1.54, 1.807) is 27.5 Å². The lowest BCUT2D eigenvalue weighted by atomic mass is 10.1. The summed E-state index contributed by atoms with van der Waals surface area (Å²) < 4.78 is 16.3. The maximum atomic E-state index is 5.49. The average molecular weight is 340 g/mol. The molecule has 2 aromatic heterocycles.